The summed E-state index contributed by atoms with van der Waals surface area (Å²) in [4.78, 5) is 27.2. The van der Waals surface area contributed by atoms with Crippen molar-refractivity contribution in [2.24, 2.45) is 0 Å². The largest absolute Gasteiger partial charge is 0.341 e. The van der Waals surface area contributed by atoms with E-state index in [1.165, 1.54) is 24.1 Å². The third-order valence-corrected chi connectivity index (χ3v) is 4.02. The summed E-state index contributed by atoms with van der Waals surface area (Å²) in [6, 6.07) is 4.35. The molecule has 1 saturated heterocycles. The van der Waals surface area contributed by atoms with E-state index in [1.54, 1.807) is 11.0 Å². The number of carbonyl (C=O) groups excluding carboxylic acids is 2. The highest BCUT2D eigenvalue weighted by atomic mass is 79.9. The predicted octanol–water partition coefficient (Wildman–Crippen LogP) is 2.28. The summed E-state index contributed by atoms with van der Waals surface area (Å²) in [5.41, 5.74) is -0.0378. The van der Waals surface area contributed by atoms with Crippen LogP contribution in [0.2, 0.25) is 0 Å². The van der Waals surface area contributed by atoms with E-state index < -0.39 is 11.7 Å². The van der Waals surface area contributed by atoms with Crippen molar-refractivity contribution >= 4 is 27.7 Å². The SMILES string of the molecule is CN(CC(=O)N1CCCC1)C(=O)c1c(F)cccc1Br. The molecule has 2 amide bonds. The molecule has 0 unspecified atom stereocenters. The number of halogens is 2. The van der Waals surface area contributed by atoms with Crippen LogP contribution in [-0.2, 0) is 4.79 Å². The van der Waals surface area contributed by atoms with Crippen molar-refractivity contribution in [3.05, 3.63) is 34.1 Å². The average Bonchev–Trinajstić information content (AvgIpc) is 2.92. The number of likely N-dealkylation sites (N-methyl/N-ethyl adjacent to an activating group) is 1. The molecule has 0 spiro atoms. The molecule has 4 nitrogen and oxygen atoms in total. The molecule has 0 bridgehead atoms. The summed E-state index contributed by atoms with van der Waals surface area (Å²) in [6.07, 6.45) is 2.00. The summed E-state index contributed by atoms with van der Waals surface area (Å²) in [6.45, 7) is 1.45. The first-order chi connectivity index (χ1) is 9.50. The Morgan fingerprint density at radius 3 is 2.60 bits per heavy atom. The number of amides is 2. The van der Waals surface area contributed by atoms with Crippen LogP contribution in [0, 0.1) is 5.82 Å². The maximum atomic E-state index is 13.7. The van der Waals surface area contributed by atoms with Crippen LogP contribution in [0.25, 0.3) is 0 Å². The molecule has 1 aliphatic rings. The third-order valence-electron chi connectivity index (χ3n) is 3.35. The molecule has 108 valence electrons. The molecule has 0 atom stereocenters. The van der Waals surface area contributed by atoms with E-state index in [1.807, 2.05) is 0 Å². The summed E-state index contributed by atoms with van der Waals surface area (Å²) in [7, 11) is 1.51. The van der Waals surface area contributed by atoms with Crippen LogP contribution in [0.3, 0.4) is 0 Å². The molecule has 1 aliphatic heterocycles. The van der Waals surface area contributed by atoms with E-state index in [4.69, 9.17) is 0 Å². The fourth-order valence-corrected chi connectivity index (χ4v) is 2.75. The van der Waals surface area contributed by atoms with Gasteiger partial charge in [0.05, 0.1) is 12.1 Å². The second kappa shape index (κ2) is 6.35. The van der Waals surface area contributed by atoms with Crippen molar-refractivity contribution in [2.45, 2.75) is 12.8 Å². The minimum absolute atomic E-state index is 0.0282. The Morgan fingerprint density at radius 1 is 1.35 bits per heavy atom. The fraction of sp³-hybridized carbons (Fsp3) is 0.429. The molecule has 0 saturated carbocycles. The Bertz CT molecular complexity index is 510. The number of likely N-dealkylation sites (tertiary alicyclic amines) is 1. The number of carbonyl (C=O) groups is 2. The Morgan fingerprint density at radius 2 is 2.00 bits per heavy atom. The second-order valence-corrected chi connectivity index (χ2v) is 5.70. The first-order valence-corrected chi connectivity index (χ1v) is 7.27. The number of nitrogens with zero attached hydrogens (tertiary/aromatic N) is 2. The molecule has 1 aromatic carbocycles. The highest BCUT2D eigenvalue weighted by molar-refractivity contribution is 9.10. The lowest BCUT2D eigenvalue weighted by molar-refractivity contribution is -0.130. The molecule has 0 aliphatic carbocycles. The maximum Gasteiger partial charge on any atom is 0.258 e. The summed E-state index contributed by atoms with van der Waals surface area (Å²) in [5.74, 6) is -1.18. The van der Waals surface area contributed by atoms with E-state index >= 15 is 0 Å². The minimum atomic E-state index is -0.593. The van der Waals surface area contributed by atoms with E-state index in [-0.39, 0.29) is 18.0 Å². The molecule has 6 heteroatoms. The van der Waals surface area contributed by atoms with Gasteiger partial charge in [0, 0.05) is 24.6 Å². The fourth-order valence-electron chi connectivity index (χ4n) is 2.23. The maximum absolute atomic E-state index is 13.7. The number of hydrogen-bond acceptors (Lipinski definition) is 2. The van der Waals surface area contributed by atoms with Gasteiger partial charge in [-0.25, -0.2) is 4.39 Å². The Balaban J connectivity index is 2.07. The molecule has 20 heavy (non-hydrogen) atoms. The van der Waals surface area contributed by atoms with Gasteiger partial charge < -0.3 is 9.80 Å². The van der Waals surface area contributed by atoms with Crippen molar-refractivity contribution < 1.29 is 14.0 Å². The van der Waals surface area contributed by atoms with Gasteiger partial charge in [0.25, 0.3) is 5.91 Å². The Hall–Kier alpha value is -1.43. The van der Waals surface area contributed by atoms with Gasteiger partial charge in [-0.15, -0.1) is 0 Å². The van der Waals surface area contributed by atoms with Gasteiger partial charge in [-0.05, 0) is 40.9 Å². The van der Waals surface area contributed by atoms with Gasteiger partial charge in [0.15, 0.2) is 0 Å². The summed E-state index contributed by atoms with van der Waals surface area (Å²) in [5, 5.41) is 0. The summed E-state index contributed by atoms with van der Waals surface area (Å²) < 4.78 is 14.1. The van der Waals surface area contributed by atoms with Crippen molar-refractivity contribution in [3.63, 3.8) is 0 Å². The smallest absolute Gasteiger partial charge is 0.258 e. The second-order valence-electron chi connectivity index (χ2n) is 4.85. The Labute approximate surface area is 125 Å². The summed E-state index contributed by atoms with van der Waals surface area (Å²) >= 11 is 3.17. The van der Waals surface area contributed by atoms with Gasteiger partial charge in [0.2, 0.25) is 5.91 Å². The first kappa shape index (κ1) is 15.0. The van der Waals surface area contributed by atoms with Crippen molar-refractivity contribution in [2.75, 3.05) is 26.7 Å². The lowest BCUT2D eigenvalue weighted by Gasteiger charge is -2.22. The third kappa shape index (κ3) is 3.17. The average molecular weight is 343 g/mol. The topological polar surface area (TPSA) is 40.6 Å². The Kier molecular flexibility index (Phi) is 4.75. The van der Waals surface area contributed by atoms with Crippen LogP contribution in [0.15, 0.2) is 22.7 Å². The molecule has 0 N–H and O–H groups in total. The van der Waals surface area contributed by atoms with Crippen LogP contribution in [0.1, 0.15) is 23.2 Å². The number of hydrogen-bond donors (Lipinski definition) is 0. The van der Waals surface area contributed by atoms with Crippen LogP contribution in [-0.4, -0.2) is 48.3 Å². The molecule has 0 radical (unpaired) electrons. The zero-order valence-corrected chi connectivity index (χ0v) is 12.8. The zero-order chi connectivity index (χ0) is 14.7. The molecule has 2 rings (SSSR count). The van der Waals surface area contributed by atoms with E-state index in [0.717, 1.165) is 25.9 Å². The van der Waals surface area contributed by atoms with Crippen molar-refractivity contribution in [1.82, 2.24) is 9.80 Å². The number of rotatable bonds is 3. The molecule has 1 heterocycles. The number of benzene rings is 1. The van der Waals surface area contributed by atoms with Gasteiger partial charge in [0.1, 0.15) is 5.82 Å². The molecule has 1 fully saturated rings. The quantitative estimate of drug-likeness (QED) is 0.845. The van der Waals surface area contributed by atoms with E-state index in [0.29, 0.717) is 4.47 Å². The standard InChI is InChI=1S/C14H16BrFN2O2/c1-17(9-12(19)18-7-2-3-8-18)14(20)13-10(15)5-4-6-11(13)16/h4-6H,2-3,7-9H2,1H3. The first-order valence-electron chi connectivity index (χ1n) is 6.48. The van der Waals surface area contributed by atoms with Crippen molar-refractivity contribution in [1.29, 1.82) is 0 Å². The lowest BCUT2D eigenvalue weighted by atomic mass is 10.2. The van der Waals surface area contributed by atoms with E-state index in [9.17, 15) is 14.0 Å². The monoisotopic (exact) mass is 342 g/mol. The van der Waals surface area contributed by atoms with Gasteiger partial charge in [-0.2, -0.15) is 0 Å². The van der Waals surface area contributed by atoms with Gasteiger partial charge in [-0.1, -0.05) is 6.07 Å². The predicted molar refractivity (Wildman–Crippen MR) is 76.9 cm³/mol. The zero-order valence-electron chi connectivity index (χ0n) is 11.2. The van der Waals surface area contributed by atoms with Crippen LogP contribution < -0.4 is 0 Å². The minimum Gasteiger partial charge on any atom is -0.341 e. The van der Waals surface area contributed by atoms with Crippen LogP contribution in [0.5, 0.6) is 0 Å². The highest BCUT2D eigenvalue weighted by Crippen LogP contribution is 2.21. The van der Waals surface area contributed by atoms with Crippen LogP contribution >= 0.6 is 15.9 Å². The van der Waals surface area contributed by atoms with Crippen molar-refractivity contribution in [3.8, 4) is 0 Å². The van der Waals surface area contributed by atoms with E-state index in [2.05, 4.69) is 15.9 Å². The normalized spacial score (nSPS) is 14.4. The molecular formula is C14H16BrFN2O2. The van der Waals surface area contributed by atoms with Crippen LogP contribution in [0.4, 0.5) is 4.39 Å². The lowest BCUT2D eigenvalue weighted by Crippen LogP contribution is -2.40. The molecular weight excluding hydrogens is 327 g/mol. The van der Waals surface area contributed by atoms with Gasteiger partial charge in [-0.3, -0.25) is 9.59 Å². The molecule has 0 aromatic heterocycles. The molecule has 1 aromatic rings. The highest BCUT2D eigenvalue weighted by Gasteiger charge is 2.24. The van der Waals surface area contributed by atoms with Gasteiger partial charge >= 0.3 is 0 Å².